The second-order valence-corrected chi connectivity index (χ2v) is 15.6. The molecule has 1 fully saturated rings. The maximum absolute atomic E-state index is 12.4. The lowest BCUT2D eigenvalue weighted by atomic mass is 9.91. The summed E-state index contributed by atoms with van der Waals surface area (Å²) in [4.78, 5) is 26.9. The Balaban J connectivity index is 2.08. The summed E-state index contributed by atoms with van der Waals surface area (Å²) in [7, 11) is 0. The fourth-order valence-corrected chi connectivity index (χ4v) is 7.30. The van der Waals surface area contributed by atoms with Crippen LogP contribution in [0.2, 0.25) is 0 Å². The molecule has 6 nitrogen and oxygen atoms in total. The minimum absolute atomic E-state index is 0.00906. The first-order chi connectivity index (χ1) is 24.0. The van der Waals surface area contributed by atoms with Crippen LogP contribution in [-0.4, -0.2) is 61.4 Å². The van der Waals surface area contributed by atoms with Crippen molar-refractivity contribution in [1.29, 1.82) is 0 Å². The van der Waals surface area contributed by atoms with E-state index in [1.807, 2.05) is 0 Å². The van der Waals surface area contributed by atoms with Crippen LogP contribution in [0.4, 0.5) is 0 Å². The van der Waals surface area contributed by atoms with E-state index >= 15 is 0 Å². The predicted octanol–water partition coefficient (Wildman–Crippen LogP) is 11.7. The molecule has 0 spiro atoms. The second-order valence-electron chi connectivity index (χ2n) is 15.6. The van der Waals surface area contributed by atoms with Gasteiger partial charge in [-0.05, 0) is 95.1 Å². The molecule has 0 atom stereocenters. The molecule has 1 aliphatic rings. The molecule has 1 N–H and O–H groups in total. The van der Waals surface area contributed by atoms with Crippen molar-refractivity contribution in [2.45, 2.75) is 213 Å². The Morgan fingerprint density at radius 3 is 1.65 bits per heavy atom. The van der Waals surface area contributed by atoms with Crippen LogP contribution in [0.15, 0.2) is 0 Å². The molecule has 1 saturated carbocycles. The summed E-state index contributed by atoms with van der Waals surface area (Å²) < 4.78 is 11.1. The van der Waals surface area contributed by atoms with Gasteiger partial charge >= 0.3 is 11.9 Å². The van der Waals surface area contributed by atoms with Gasteiger partial charge in [0.25, 0.3) is 0 Å². The van der Waals surface area contributed by atoms with E-state index < -0.39 is 0 Å². The molecule has 1 rings (SSSR count). The van der Waals surface area contributed by atoms with Crippen molar-refractivity contribution in [1.82, 2.24) is 4.90 Å². The van der Waals surface area contributed by atoms with Gasteiger partial charge in [-0.15, -0.1) is 0 Å². The molecule has 49 heavy (non-hydrogen) atoms. The molecule has 0 saturated heterocycles. The summed E-state index contributed by atoms with van der Waals surface area (Å²) in [6.45, 7) is 11.4. The molecule has 0 aromatic rings. The molecule has 0 aromatic carbocycles. The highest BCUT2D eigenvalue weighted by Gasteiger charge is 2.41. The Morgan fingerprint density at radius 1 is 0.551 bits per heavy atom. The lowest BCUT2D eigenvalue weighted by molar-refractivity contribution is -0.145. The van der Waals surface area contributed by atoms with Gasteiger partial charge < -0.3 is 19.5 Å². The maximum atomic E-state index is 12.4. The van der Waals surface area contributed by atoms with Crippen molar-refractivity contribution in [3.63, 3.8) is 0 Å². The zero-order valence-electron chi connectivity index (χ0n) is 33.1. The third kappa shape index (κ3) is 28.2. The van der Waals surface area contributed by atoms with Gasteiger partial charge in [-0.25, -0.2) is 0 Å². The van der Waals surface area contributed by atoms with Gasteiger partial charge in [-0.2, -0.15) is 0 Å². The van der Waals surface area contributed by atoms with Crippen molar-refractivity contribution in [2.24, 2.45) is 11.3 Å². The van der Waals surface area contributed by atoms with E-state index in [-0.39, 0.29) is 18.5 Å². The van der Waals surface area contributed by atoms with Gasteiger partial charge in [-0.1, -0.05) is 130 Å². The molecule has 0 bridgehead atoms. The van der Waals surface area contributed by atoms with Crippen LogP contribution in [-0.2, 0) is 19.1 Å². The lowest BCUT2D eigenvalue weighted by Gasteiger charge is -2.22. The smallest absolute Gasteiger partial charge is 0.305 e. The molecule has 0 aromatic heterocycles. The summed E-state index contributed by atoms with van der Waals surface area (Å²) in [5.41, 5.74) is 0.392. The van der Waals surface area contributed by atoms with Crippen LogP contribution in [0.25, 0.3) is 0 Å². The highest BCUT2D eigenvalue weighted by Crippen LogP contribution is 2.53. The number of aliphatic hydroxyl groups is 1. The van der Waals surface area contributed by atoms with Crippen molar-refractivity contribution >= 4 is 11.9 Å². The fourth-order valence-electron chi connectivity index (χ4n) is 7.30. The Kier molecular flexibility index (Phi) is 30.7. The number of nitrogens with zero attached hydrogens (tertiary/aromatic N) is 1. The third-order valence-electron chi connectivity index (χ3n) is 10.9. The molecule has 1 aliphatic carbocycles. The summed E-state index contributed by atoms with van der Waals surface area (Å²) >= 11 is 0. The standard InChI is InChI=1S/C43H83NO5/c1-4-7-10-11-12-14-17-28-41(46)48-38-22-16-13-15-20-34-44(36-24-37-45)35-21-19-30-43(32-33-43)31-29-42(47)49-39-23-18-27-40(25-8-5-2)26-9-6-3/h40,45H,4-39H2,1-3H3. The number of rotatable bonds is 38. The van der Waals surface area contributed by atoms with E-state index in [2.05, 4.69) is 25.7 Å². The number of esters is 2. The Hall–Kier alpha value is -1.14. The van der Waals surface area contributed by atoms with Crippen LogP contribution in [0.3, 0.4) is 0 Å². The minimum Gasteiger partial charge on any atom is -0.466 e. The van der Waals surface area contributed by atoms with Gasteiger partial charge in [-0.3, -0.25) is 9.59 Å². The average Bonchev–Trinajstić information content (AvgIpc) is 3.88. The van der Waals surface area contributed by atoms with E-state index in [1.54, 1.807) is 0 Å². The van der Waals surface area contributed by atoms with Gasteiger partial charge in [0.2, 0.25) is 0 Å². The molecule has 0 aliphatic heterocycles. The monoisotopic (exact) mass is 694 g/mol. The summed E-state index contributed by atoms with van der Waals surface area (Å²) in [5, 5.41) is 9.40. The van der Waals surface area contributed by atoms with E-state index in [1.165, 1.54) is 135 Å². The first-order valence-corrected chi connectivity index (χ1v) is 21.6. The molecular weight excluding hydrogens is 610 g/mol. The molecule has 0 amide bonds. The molecular formula is C43H83NO5. The zero-order chi connectivity index (χ0) is 35.7. The van der Waals surface area contributed by atoms with E-state index in [0.29, 0.717) is 31.5 Å². The van der Waals surface area contributed by atoms with E-state index in [9.17, 15) is 14.7 Å². The Labute approximate surface area is 304 Å². The van der Waals surface area contributed by atoms with Crippen LogP contribution in [0.5, 0.6) is 0 Å². The minimum atomic E-state index is -0.0204. The molecule has 6 heteroatoms. The Morgan fingerprint density at radius 2 is 1.04 bits per heavy atom. The lowest BCUT2D eigenvalue weighted by Crippen LogP contribution is -2.28. The molecule has 0 radical (unpaired) electrons. The molecule has 0 unspecified atom stereocenters. The van der Waals surface area contributed by atoms with Gasteiger partial charge in [0, 0.05) is 26.0 Å². The summed E-state index contributed by atoms with van der Waals surface area (Å²) in [6.07, 6.45) is 34.9. The zero-order valence-corrected chi connectivity index (χ0v) is 33.1. The summed E-state index contributed by atoms with van der Waals surface area (Å²) in [5.74, 6) is 0.847. The van der Waals surface area contributed by atoms with Crippen molar-refractivity contribution in [2.75, 3.05) is 39.5 Å². The number of aliphatic hydroxyl groups excluding tert-OH is 1. The van der Waals surface area contributed by atoms with Crippen molar-refractivity contribution < 1.29 is 24.2 Å². The maximum Gasteiger partial charge on any atom is 0.305 e. The van der Waals surface area contributed by atoms with Gasteiger partial charge in [0.15, 0.2) is 0 Å². The van der Waals surface area contributed by atoms with Gasteiger partial charge in [0.1, 0.15) is 0 Å². The quantitative estimate of drug-likeness (QED) is 0.0512. The third-order valence-corrected chi connectivity index (χ3v) is 10.9. The number of carbonyl (C=O) groups is 2. The normalized spacial score (nSPS) is 13.8. The topological polar surface area (TPSA) is 76.1 Å². The van der Waals surface area contributed by atoms with Crippen LogP contribution in [0.1, 0.15) is 213 Å². The van der Waals surface area contributed by atoms with E-state index in [4.69, 9.17) is 9.47 Å². The number of hydrogen-bond acceptors (Lipinski definition) is 6. The SMILES string of the molecule is CCCCCCCCCC(=O)OCCCCCCCN(CCCO)CCCCC1(CCC(=O)OCCCCC(CCCC)CCCC)CC1. The van der Waals surface area contributed by atoms with Crippen LogP contribution < -0.4 is 0 Å². The highest BCUT2D eigenvalue weighted by atomic mass is 16.5. The predicted molar refractivity (Wildman–Crippen MR) is 207 cm³/mol. The van der Waals surface area contributed by atoms with Crippen LogP contribution in [0, 0.1) is 11.3 Å². The Bertz CT molecular complexity index is 747. The first kappa shape index (κ1) is 45.9. The fraction of sp³-hybridized carbons (Fsp3) is 0.953. The highest BCUT2D eigenvalue weighted by molar-refractivity contribution is 5.69. The summed E-state index contributed by atoms with van der Waals surface area (Å²) in [6, 6.07) is 0. The van der Waals surface area contributed by atoms with Crippen molar-refractivity contribution in [3.05, 3.63) is 0 Å². The number of carbonyl (C=O) groups excluding carboxylic acids is 2. The van der Waals surface area contributed by atoms with Crippen molar-refractivity contribution in [3.8, 4) is 0 Å². The van der Waals surface area contributed by atoms with E-state index in [0.717, 1.165) is 70.5 Å². The molecule has 0 heterocycles. The molecule has 290 valence electrons. The number of ether oxygens (including phenoxy) is 2. The second kappa shape index (κ2) is 32.7. The first-order valence-electron chi connectivity index (χ1n) is 21.6. The number of hydrogen-bond donors (Lipinski definition) is 1. The average molecular weight is 694 g/mol. The van der Waals surface area contributed by atoms with Gasteiger partial charge in [0.05, 0.1) is 13.2 Å². The number of unbranched alkanes of at least 4 members (excludes halogenated alkanes) is 14. The largest absolute Gasteiger partial charge is 0.466 e. The van der Waals surface area contributed by atoms with Crippen LogP contribution >= 0.6 is 0 Å².